The van der Waals surface area contributed by atoms with Gasteiger partial charge in [0.25, 0.3) is 5.91 Å². The van der Waals surface area contributed by atoms with Crippen molar-refractivity contribution in [3.05, 3.63) is 23.8 Å². The fraction of sp³-hybridized carbons (Fsp3) is 0.562. The topological polar surface area (TPSA) is 64.8 Å². The minimum Gasteiger partial charge on any atom is -0.493 e. The number of hydrogen-bond donors (Lipinski definition) is 1. The molecule has 1 heterocycles. The number of nitrogens with zero attached hydrogens (tertiary/aromatic N) is 1. The number of para-hydroxylation sites is 1. The van der Waals surface area contributed by atoms with Crippen LogP contribution in [0.25, 0.3) is 0 Å². The van der Waals surface area contributed by atoms with Crippen LogP contribution in [-0.4, -0.2) is 44.2 Å². The molecule has 1 aromatic carbocycles. The molecule has 2 N–H and O–H groups in total. The number of likely N-dealkylation sites (tertiary alicyclic amines) is 1. The highest BCUT2D eigenvalue weighted by Gasteiger charge is 2.18. The van der Waals surface area contributed by atoms with Gasteiger partial charge in [0.05, 0.1) is 7.11 Å². The lowest BCUT2D eigenvalue weighted by Crippen LogP contribution is -2.38. The van der Waals surface area contributed by atoms with Crippen LogP contribution in [0.1, 0.15) is 24.8 Å². The van der Waals surface area contributed by atoms with E-state index in [0.29, 0.717) is 24.5 Å². The molecule has 0 bridgehead atoms. The van der Waals surface area contributed by atoms with E-state index in [0.717, 1.165) is 31.5 Å². The highest BCUT2D eigenvalue weighted by Crippen LogP contribution is 2.31. The first-order valence-corrected chi connectivity index (χ1v) is 7.52. The van der Waals surface area contributed by atoms with E-state index in [9.17, 15) is 4.79 Å². The average molecular weight is 292 g/mol. The molecule has 0 unspecified atom stereocenters. The van der Waals surface area contributed by atoms with Crippen LogP contribution in [0.15, 0.2) is 18.2 Å². The average Bonchev–Trinajstić information content (AvgIpc) is 2.54. The monoisotopic (exact) mass is 292 g/mol. The summed E-state index contributed by atoms with van der Waals surface area (Å²) in [6, 6.07) is 5.69. The second-order valence-corrected chi connectivity index (χ2v) is 5.22. The Kier molecular flexibility index (Phi) is 5.87. The van der Waals surface area contributed by atoms with Crippen LogP contribution in [0.5, 0.6) is 11.5 Å². The molecular weight excluding hydrogens is 268 g/mol. The smallest absolute Gasteiger partial charge is 0.260 e. The number of amides is 1. The molecule has 0 spiro atoms. The molecule has 21 heavy (non-hydrogen) atoms. The summed E-state index contributed by atoms with van der Waals surface area (Å²) in [5.41, 5.74) is 6.60. The first kappa shape index (κ1) is 15.6. The van der Waals surface area contributed by atoms with Gasteiger partial charge in [0.15, 0.2) is 18.1 Å². The predicted octanol–water partition coefficient (Wildman–Crippen LogP) is 1.59. The summed E-state index contributed by atoms with van der Waals surface area (Å²) >= 11 is 0. The van der Waals surface area contributed by atoms with Crippen molar-refractivity contribution in [2.24, 2.45) is 5.73 Å². The molecule has 2 rings (SSSR count). The molecule has 0 aromatic heterocycles. The number of carbonyl (C=O) groups is 1. The molecule has 1 amide bonds. The van der Waals surface area contributed by atoms with Crippen LogP contribution in [0.3, 0.4) is 0 Å². The third kappa shape index (κ3) is 4.11. The van der Waals surface area contributed by atoms with Gasteiger partial charge in [-0.25, -0.2) is 0 Å². The minimum atomic E-state index is 0.0410. The number of hydrogen-bond acceptors (Lipinski definition) is 4. The normalized spacial score (nSPS) is 14.9. The molecule has 1 fully saturated rings. The lowest BCUT2D eigenvalue weighted by Gasteiger charge is -2.27. The first-order chi connectivity index (χ1) is 10.3. The second-order valence-electron chi connectivity index (χ2n) is 5.22. The van der Waals surface area contributed by atoms with Crippen molar-refractivity contribution in [1.82, 2.24) is 4.90 Å². The Labute approximate surface area is 126 Å². The Balaban J connectivity index is 2.02. The standard InChI is InChI=1S/C16H24N2O3/c1-20-14-7-5-6-13(8-9-17)16(14)21-12-15(19)18-10-3-2-4-11-18/h5-7H,2-4,8-12,17H2,1H3. The SMILES string of the molecule is COc1cccc(CCN)c1OCC(=O)N1CCCCC1. The van der Waals surface area contributed by atoms with Gasteiger partial charge in [-0.15, -0.1) is 0 Å². The van der Waals surface area contributed by atoms with Gasteiger partial charge in [0, 0.05) is 13.1 Å². The molecule has 116 valence electrons. The Morgan fingerprint density at radius 3 is 2.71 bits per heavy atom. The molecule has 5 nitrogen and oxygen atoms in total. The number of methoxy groups -OCH3 is 1. The van der Waals surface area contributed by atoms with E-state index in [1.807, 2.05) is 23.1 Å². The summed E-state index contributed by atoms with van der Waals surface area (Å²) in [7, 11) is 1.60. The molecular formula is C16H24N2O3. The van der Waals surface area contributed by atoms with Gasteiger partial charge in [0.2, 0.25) is 0 Å². The maximum Gasteiger partial charge on any atom is 0.260 e. The van der Waals surface area contributed by atoms with E-state index >= 15 is 0 Å². The highest BCUT2D eigenvalue weighted by molar-refractivity contribution is 5.78. The van der Waals surface area contributed by atoms with Crippen molar-refractivity contribution >= 4 is 5.91 Å². The third-order valence-electron chi connectivity index (χ3n) is 3.74. The van der Waals surface area contributed by atoms with Gasteiger partial charge in [-0.2, -0.15) is 0 Å². The molecule has 0 aliphatic carbocycles. The quantitative estimate of drug-likeness (QED) is 0.864. The number of benzene rings is 1. The fourth-order valence-corrected chi connectivity index (χ4v) is 2.61. The number of nitrogens with two attached hydrogens (primary N) is 1. The summed E-state index contributed by atoms with van der Waals surface area (Å²) in [6.07, 6.45) is 4.07. The molecule has 1 saturated heterocycles. The van der Waals surface area contributed by atoms with Crippen molar-refractivity contribution in [2.45, 2.75) is 25.7 Å². The fourth-order valence-electron chi connectivity index (χ4n) is 2.61. The Morgan fingerprint density at radius 2 is 2.05 bits per heavy atom. The lowest BCUT2D eigenvalue weighted by molar-refractivity contribution is -0.134. The van der Waals surface area contributed by atoms with Gasteiger partial charge in [0.1, 0.15) is 0 Å². The van der Waals surface area contributed by atoms with E-state index < -0.39 is 0 Å². The van der Waals surface area contributed by atoms with Crippen LogP contribution in [-0.2, 0) is 11.2 Å². The minimum absolute atomic E-state index is 0.0410. The summed E-state index contributed by atoms with van der Waals surface area (Å²) in [6.45, 7) is 2.26. The number of carbonyl (C=O) groups excluding carboxylic acids is 1. The van der Waals surface area contributed by atoms with Crippen LogP contribution >= 0.6 is 0 Å². The number of ether oxygens (including phenoxy) is 2. The van der Waals surface area contributed by atoms with Gasteiger partial charge in [-0.3, -0.25) is 4.79 Å². The summed E-state index contributed by atoms with van der Waals surface area (Å²) < 4.78 is 11.1. The Bertz CT molecular complexity index is 471. The molecule has 1 aromatic rings. The van der Waals surface area contributed by atoms with E-state index in [-0.39, 0.29) is 12.5 Å². The van der Waals surface area contributed by atoms with E-state index in [1.54, 1.807) is 7.11 Å². The van der Waals surface area contributed by atoms with Crippen molar-refractivity contribution in [3.8, 4) is 11.5 Å². The van der Waals surface area contributed by atoms with Gasteiger partial charge < -0.3 is 20.1 Å². The molecule has 1 aliphatic heterocycles. The van der Waals surface area contributed by atoms with Crippen LogP contribution < -0.4 is 15.2 Å². The highest BCUT2D eigenvalue weighted by atomic mass is 16.5. The summed E-state index contributed by atoms with van der Waals surface area (Å²) in [5.74, 6) is 1.32. The molecule has 5 heteroatoms. The van der Waals surface area contributed by atoms with Crippen LogP contribution in [0, 0.1) is 0 Å². The molecule has 0 atom stereocenters. The molecule has 0 radical (unpaired) electrons. The van der Waals surface area contributed by atoms with Crippen LogP contribution in [0.4, 0.5) is 0 Å². The van der Waals surface area contributed by atoms with Crippen molar-refractivity contribution in [2.75, 3.05) is 33.4 Å². The molecule has 0 saturated carbocycles. The lowest BCUT2D eigenvalue weighted by atomic mass is 10.1. The third-order valence-corrected chi connectivity index (χ3v) is 3.74. The van der Waals surface area contributed by atoms with Crippen molar-refractivity contribution in [1.29, 1.82) is 0 Å². The van der Waals surface area contributed by atoms with E-state index in [4.69, 9.17) is 15.2 Å². The van der Waals surface area contributed by atoms with Crippen molar-refractivity contribution < 1.29 is 14.3 Å². The van der Waals surface area contributed by atoms with Gasteiger partial charge >= 0.3 is 0 Å². The number of piperidine rings is 1. The van der Waals surface area contributed by atoms with Gasteiger partial charge in [-0.05, 0) is 43.9 Å². The first-order valence-electron chi connectivity index (χ1n) is 7.52. The maximum absolute atomic E-state index is 12.2. The zero-order chi connectivity index (χ0) is 15.1. The zero-order valence-corrected chi connectivity index (χ0v) is 12.6. The summed E-state index contributed by atoms with van der Waals surface area (Å²) in [4.78, 5) is 14.1. The molecule has 1 aliphatic rings. The van der Waals surface area contributed by atoms with Crippen molar-refractivity contribution in [3.63, 3.8) is 0 Å². The number of rotatable bonds is 6. The Morgan fingerprint density at radius 1 is 1.29 bits per heavy atom. The van der Waals surface area contributed by atoms with E-state index in [2.05, 4.69) is 0 Å². The van der Waals surface area contributed by atoms with Crippen LogP contribution in [0.2, 0.25) is 0 Å². The second kappa shape index (κ2) is 7.88. The predicted molar refractivity (Wildman–Crippen MR) is 81.7 cm³/mol. The van der Waals surface area contributed by atoms with Gasteiger partial charge in [-0.1, -0.05) is 12.1 Å². The largest absolute Gasteiger partial charge is 0.493 e. The Hall–Kier alpha value is -1.75. The zero-order valence-electron chi connectivity index (χ0n) is 12.6. The summed E-state index contributed by atoms with van der Waals surface area (Å²) in [5, 5.41) is 0. The maximum atomic E-state index is 12.2. The van der Waals surface area contributed by atoms with E-state index in [1.165, 1.54) is 6.42 Å².